The molecular weight excluding hydrogens is 411 g/mol. The predicted molar refractivity (Wildman–Crippen MR) is 110 cm³/mol. The number of aryl methyl sites for hydroxylation is 2. The summed E-state index contributed by atoms with van der Waals surface area (Å²) in [5, 5.41) is 2.95. The molecule has 2 rings (SSSR count). The van der Waals surface area contributed by atoms with Gasteiger partial charge in [0.2, 0.25) is 0 Å². The third-order valence-electron chi connectivity index (χ3n) is 4.40. The van der Waals surface area contributed by atoms with Gasteiger partial charge in [0.1, 0.15) is 5.75 Å². The van der Waals surface area contributed by atoms with Gasteiger partial charge in [-0.3, -0.25) is 4.79 Å². The first kappa shape index (κ1) is 24.4. The van der Waals surface area contributed by atoms with Crippen molar-refractivity contribution in [3.05, 3.63) is 65.2 Å². The zero-order chi connectivity index (χ0) is 22.7. The topological polar surface area (TPSA) is 64.6 Å². The van der Waals surface area contributed by atoms with E-state index in [-0.39, 0.29) is 13.0 Å². The van der Waals surface area contributed by atoms with Gasteiger partial charge in [-0.1, -0.05) is 42.0 Å². The maximum Gasteiger partial charge on any atom is 0.491 e. The molecule has 0 spiro atoms. The Bertz CT molecular complexity index is 868. The monoisotopic (exact) mass is 437 g/mol. The fraction of sp³-hybridized carbons (Fsp3) is 0.391. The van der Waals surface area contributed by atoms with Gasteiger partial charge in [0, 0.05) is 13.0 Å². The number of halogens is 3. The van der Waals surface area contributed by atoms with E-state index in [1.165, 1.54) is 11.1 Å². The highest BCUT2D eigenvalue weighted by Gasteiger charge is 2.42. The first-order chi connectivity index (χ1) is 14.7. The Balaban J connectivity index is 1.61. The van der Waals surface area contributed by atoms with Crippen molar-refractivity contribution in [2.45, 2.75) is 38.8 Å². The van der Waals surface area contributed by atoms with Gasteiger partial charge in [-0.15, -0.1) is 0 Å². The van der Waals surface area contributed by atoms with Crippen LogP contribution in [-0.2, 0) is 27.2 Å². The molecule has 2 aromatic carbocycles. The summed E-state index contributed by atoms with van der Waals surface area (Å²) in [6, 6.07) is 16.1. The maximum atomic E-state index is 12.0. The third-order valence-corrected chi connectivity index (χ3v) is 4.40. The van der Waals surface area contributed by atoms with Crippen LogP contribution >= 0.6 is 0 Å². The fourth-order valence-electron chi connectivity index (χ4n) is 2.89. The van der Waals surface area contributed by atoms with E-state index in [9.17, 15) is 22.8 Å². The molecule has 0 radical (unpaired) electrons. The van der Waals surface area contributed by atoms with Crippen LogP contribution in [0.4, 0.5) is 13.2 Å². The molecule has 0 amide bonds. The second-order valence-corrected chi connectivity index (χ2v) is 7.10. The summed E-state index contributed by atoms with van der Waals surface area (Å²) >= 11 is 0. The van der Waals surface area contributed by atoms with Crippen molar-refractivity contribution in [3.63, 3.8) is 0 Å². The summed E-state index contributed by atoms with van der Waals surface area (Å²) in [6.07, 6.45) is -3.11. The zero-order valence-electron chi connectivity index (χ0n) is 17.3. The molecule has 5 nitrogen and oxygen atoms in total. The zero-order valence-corrected chi connectivity index (χ0v) is 17.3. The number of carbonyl (C=O) groups is 2. The van der Waals surface area contributed by atoms with Crippen molar-refractivity contribution in [2.75, 3.05) is 19.7 Å². The molecule has 0 aliphatic heterocycles. The molecule has 168 valence electrons. The summed E-state index contributed by atoms with van der Waals surface area (Å²) < 4.78 is 45.5. The Morgan fingerprint density at radius 3 is 2.39 bits per heavy atom. The van der Waals surface area contributed by atoms with Crippen LogP contribution in [0.5, 0.6) is 5.75 Å². The van der Waals surface area contributed by atoms with Crippen molar-refractivity contribution in [1.29, 1.82) is 0 Å². The van der Waals surface area contributed by atoms with Crippen LogP contribution < -0.4 is 10.1 Å². The highest BCUT2D eigenvalue weighted by molar-refractivity contribution is 5.88. The third kappa shape index (κ3) is 9.65. The van der Waals surface area contributed by atoms with E-state index >= 15 is 0 Å². The number of nitrogens with one attached hydrogen (secondary N) is 1. The van der Waals surface area contributed by atoms with E-state index in [1.807, 2.05) is 30.3 Å². The number of rotatable bonds is 11. The number of esters is 2. The van der Waals surface area contributed by atoms with Crippen LogP contribution in [0, 0.1) is 6.92 Å². The largest absolute Gasteiger partial charge is 0.493 e. The lowest BCUT2D eigenvalue weighted by molar-refractivity contribution is -0.201. The molecular formula is C23H26F3NO4. The number of hydrogen-bond donors (Lipinski definition) is 1. The molecule has 0 aromatic heterocycles. The van der Waals surface area contributed by atoms with Gasteiger partial charge < -0.3 is 14.8 Å². The quantitative estimate of drug-likeness (QED) is 0.325. The summed E-state index contributed by atoms with van der Waals surface area (Å²) in [5.41, 5.74) is 3.55. The van der Waals surface area contributed by atoms with E-state index in [0.717, 1.165) is 30.6 Å². The molecule has 2 aromatic rings. The average molecular weight is 437 g/mol. The molecule has 0 aliphatic carbocycles. The van der Waals surface area contributed by atoms with Crippen LogP contribution in [0.3, 0.4) is 0 Å². The highest BCUT2D eigenvalue weighted by atomic mass is 19.4. The van der Waals surface area contributed by atoms with Crippen LogP contribution in [0.2, 0.25) is 0 Å². The van der Waals surface area contributed by atoms with E-state index in [1.54, 1.807) is 0 Å². The Morgan fingerprint density at radius 2 is 1.68 bits per heavy atom. The minimum absolute atomic E-state index is 0.131. The summed E-state index contributed by atoms with van der Waals surface area (Å²) in [7, 11) is 0. The lowest BCUT2D eigenvalue weighted by Gasteiger charge is -2.09. The molecule has 0 atom stereocenters. The molecule has 8 heteroatoms. The molecule has 0 aliphatic rings. The van der Waals surface area contributed by atoms with Gasteiger partial charge in [0.25, 0.3) is 0 Å². The Kier molecular flexibility index (Phi) is 9.52. The van der Waals surface area contributed by atoms with Crippen LogP contribution in [0.15, 0.2) is 48.5 Å². The van der Waals surface area contributed by atoms with Crippen LogP contribution in [0.1, 0.15) is 29.5 Å². The summed E-state index contributed by atoms with van der Waals surface area (Å²) in [4.78, 5) is 21.7. The average Bonchev–Trinajstić information content (AvgIpc) is 2.70. The fourth-order valence-corrected chi connectivity index (χ4v) is 2.89. The normalized spacial score (nSPS) is 11.2. The molecule has 0 bridgehead atoms. The van der Waals surface area contributed by atoms with Crippen LogP contribution in [-0.4, -0.2) is 37.8 Å². The van der Waals surface area contributed by atoms with Gasteiger partial charge in [0.15, 0.2) is 0 Å². The maximum absolute atomic E-state index is 12.0. The highest BCUT2D eigenvalue weighted by Crippen LogP contribution is 2.17. The summed E-state index contributed by atoms with van der Waals surface area (Å²) in [6.45, 7) is 3.34. The van der Waals surface area contributed by atoms with Gasteiger partial charge >= 0.3 is 18.1 Å². The Morgan fingerprint density at radius 1 is 0.968 bits per heavy atom. The van der Waals surface area contributed by atoms with Crippen LogP contribution in [0.25, 0.3) is 0 Å². The van der Waals surface area contributed by atoms with Crippen molar-refractivity contribution in [2.24, 2.45) is 0 Å². The van der Waals surface area contributed by atoms with E-state index in [0.29, 0.717) is 13.2 Å². The predicted octanol–water partition coefficient (Wildman–Crippen LogP) is 4.16. The SMILES string of the molecule is Cc1cccc(CCOc2cccc(CCCNCCC(=O)OC(=O)C(F)(F)F)c2)c1. The van der Waals surface area contributed by atoms with Gasteiger partial charge in [0.05, 0.1) is 13.0 Å². The molecule has 0 unspecified atom stereocenters. The number of ether oxygens (including phenoxy) is 2. The number of hydrogen-bond acceptors (Lipinski definition) is 5. The van der Waals surface area contributed by atoms with E-state index in [4.69, 9.17) is 4.74 Å². The first-order valence-electron chi connectivity index (χ1n) is 10.0. The van der Waals surface area contributed by atoms with E-state index < -0.39 is 18.1 Å². The molecule has 1 N–H and O–H groups in total. The van der Waals surface area contributed by atoms with Crippen molar-refractivity contribution >= 4 is 11.9 Å². The molecule has 0 saturated carbocycles. The lowest BCUT2D eigenvalue weighted by atomic mass is 10.1. The number of benzene rings is 2. The number of carbonyl (C=O) groups excluding carboxylic acids is 2. The molecule has 31 heavy (non-hydrogen) atoms. The van der Waals surface area contributed by atoms with Crippen molar-refractivity contribution in [3.8, 4) is 5.75 Å². The molecule has 0 fully saturated rings. The standard InChI is InChI=1S/C23H26F3NO4/c1-17-5-2-6-19(15-17)11-14-30-20-9-3-7-18(16-20)8-4-12-27-13-10-21(28)31-22(29)23(24,25)26/h2-3,5-7,9,15-16,27H,4,8,10-14H2,1H3. The second-order valence-electron chi connectivity index (χ2n) is 7.10. The Labute approximate surface area is 179 Å². The van der Waals surface area contributed by atoms with Gasteiger partial charge in [-0.05, 0) is 49.6 Å². The minimum Gasteiger partial charge on any atom is -0.493 e. The number of alkyl halides is 3. The lowest BCUT2D eigenvalue weighted by Crippen LogP contribution is -2.29. The summed E-state index contributed by atoms with van der Waals surface area (Å²) in [5.74, 6) is -2.89. The van der Waals surface area contributed by atoms with Gasteiger partial charge in [-0.25, -0.2) is 4.79 Å². The minimum atomic E-state index is -5.16. The smallest absolute Gasteiger partial charge is 0.491 e. The van der Waals surface area contributed by atoms with E-state index in [2.05, 4.69) is 35.2 Å². The molecule has 0 saturated heterocycles. The first-order valence-corrected chi connectivity index (χ1v) is 10.0. The van der Waals surface area contributed by atoms with Crippen molar-refractivity contribution < 1.29 is 32.2 Å². The van der Waals surface area contributed by atoms with Gasteiger partial charge in [-0.2, -0.15) is 13.2 Å². The second kappa shape index (κ2) is 12.1. The van der Waals surface area contributed by atoms with Crippen molar-refractivity contribution in [1.82, 2.24) is 5.32 Å². The Hall–Kier alpha value is -2.87. The molecule has 0 heterocycles.